The Hall–Kier alpha value is -1.39. The van der Waals surface area contributed by atoms with E-state index in [2.05, 4.69) is 65.7 Å². The van der Waals surface area contributed by atoms with Crippen LogP contribution in [0.15, 0.2) is 29.6 Å². The summed E-state index contributed by atoms with van der Waals surface area (Å²) in [4.78, 5) is 6.76. The first-order chi connectivity index (χ1) is 10.1. The molecule has 3 nitrogen and oxygen atoms in total. The predicted molar refractivity (Wildman–Crippen MR) is 92.1 cm³/mol. The second kappa shape index (κ2) is 7.57. The van der Waals surface area contributed by atoms with Crippen molar-refractivity contribution in [3.63, 3.8) is 0 Å². The Labute approximate surface area is 132 Å². The van der Waals surface area contributed by atoms with Crippen molar-refractivity contribution < 1.29 is 0 Å². The minimum absolute atomic E-state index is 0.408. The highest BCUT2D eigenvalue weighted by Crippen LogP contribution is 2.20. The summed E-state index contributed by atoms with van der Waals surface area (Å²) in [6.07, 6.45) is 1.16. The maximum absolute atomic E-state index is 4.52. The lowest BCUT2D eigenvalue weighted by atomic mass is 10.1. The van der Waals surface area contributed by atoms with E-state index in [-0.39, 0.29) is 0 Å². The second-order valence-corrected chi connectivity index (χ2v) is 6.54. The zero-order valence-corrected chi connectivity index (χ0v) is 14.2. The fourth-order valence-corrected chi connectivity index (χ4v) is 2.92. The molecule has 0 spiro atoms. The van der Waals surface area contributed by atoms with Crippen LogP contribution in [0.5, 0.6) is 0 Å². The number of rotatable bonds is 7. The number of benzene rings is 1. The molecule has 2 rings (SSSR count). The van der Waals surface area contributed by atoms with Crippen molar-refractivity contribution in [3.05, 3.63) is 45.9 Å². The molecule has 0 aliphatic carbocycles. The first-order valence-corrected chi connectivity index (χ1v) is 8.43. The summed E-state index contributed by atoms with van der Waals surface area (Å²) in [5.74, 6) is 0. The summed E-state index contributed by atoms with van der Waals surface area (Å²) in [5.41, 5.74) is 3.71. The number of hydrogen-bond acceptors (Lipinski definition) is 4. The molecule has 0 saturated heterocycles. The van der Waals surface area contributed by atoms with Crippen LogP contribution in [0.1, 0.15) is 42.6 Å². The van der Waals surface area contributed by atoms with Gasteiger partial charge >= 0.3 is 0 Å². The minimum Gasteiger partial charge on any atom is -0.369 e. The van der Waals surface area contributed by atoms with Gasteiger partial charge in [0.05, 0.1) is 17.2 Å². The van der Waals surface area contributed by atoms with E-state index >= 15 is 0 Å². The zero-order chi connectivity index (χ0) is 15.2. The van der Waals surface area contributed by atoms with Crippen LogP contribution in [-0.2, 0) is 6.54 Å². The van der Waals surface area contributed by atoms with Gasteiger partial charge in [0.1, 0.15) is 0 Å². The van der Waals surface area contributed by atoms with Gasteiger partial charge in [-0.05, 0) is 44.5 Å². The summed E-state index contributed by atoms with van der Waals surface area (Å²) in [6.45, 7) is 8.37. The van der Waals surface area contributed by atoms with Gasteiger partial charge in [-0.1, -0.05) is 19.1 Å². The van der Waals surface area contributed by atoms with E-state index in [9.17, 15) is 0 Å². The molecular weight excluding hydrogens is 278 g/mol. The first-order valence-electron chi connectivity index (χ1n) is 7.55. The first kappa shape index (κ1) is 16.0. The van der Waals surface area contributed by atoms with Crippen LogP contribution in [0.2, 0.25) is 0 Å². The topological polar surface area (TPSA) is 28.2 Å². The molecule has 1 aromatic heterocycles. The Morgan fingerprint density at radius 3 is 2.57 bits per heavy atom. The summed E-state index contributed by atoms with van der Waals surface area (Å²) < 4.78 is 0. The van der Waals surface area contributed by atoms with Crippen molar-refractivity contribution in [1.82, 2.24) is 10.3 Å². The van der Waals surface area contributed by atoms with Crippen molar-refractivity contribution in [2.45, 2.75) is 39.8 Å². The highest BCUT2D eigenvalue weighted by atomic mass is 32.1. The van der Waals surface area contributed by atoms with Crippen LogP contribution in [0.4, 0.5) is 5.69 Å². The molecule has 1 atom stereocenters. The number of anilines is 1. The number of thiazole rings is 1. The van der Waals surface area contributed by atoms with Crippen LogP contribution in [-0.4, -0.2) is 18.6 Å². The van der Waals surface area contributed by atoms with E-state index in [1.165, 1.54) is 11.3 Å². The molecule has 2 aromatic rings. The fraction of sp³-hybridized carbons (Fsp3) is 0.471. The number of aryl methyl sites for hydroxylation is 1. The smallest absolute Gasteiger partial charge is 0.0898 e. The van der Waals surface area contributed by atoms with Crippen LogP contribution in [0.3, 0.4) is 0 Å². The molecule has 0 aliphatic rings. The average Bonchev–Trinajstić information content (AvgIpc) is 2.90. The van der Waals surface area contributed by atoms with Crippen molar-refractivity contribution in [2.75, 3.05) is 18.5 Å². The van der Waals surface area contributed by atoms with E-state index < -0.39 is 0 Å². The largest absolute Gasteiger partial charge is 0.369 e. The van der Waals surface area contributed by atoms with Crippen LogP contribution in [0, 0.1) is 6.92 Å². The van der Waals surface area contributed by atoms with E-state index in [0.29, 0.717) is 6.04 Å². The maximum Gasteiger partial charge on any atom is 0.0898 e. The van der Waals surface area contributed by atoms with Crippen LogP contribution < -0.4 is 10.2 Å². The molecule has 1 unspecified atom stereocenters. The summed E-state index contributed by atoms with van der Waals surface area (Å²) in [7, 11) is 2.11. The van der Waals surface area contributed by atoms with Gasteiger partial charge in [0.2, 0.25) is 0 Å². The van der Waals surface area contributed by atoms with Crippen molar-refractivity contribution in [1.29, 1.82) is 0 Å². The Kier molecular flexibility index (Phi) is 5.76. The second-order valence-electron chi connectivity index (χ2n) is 5.48. The van der Waals surface area contributed by atoms with E-state index in [4.69, 9.17) is 0 Å². The molecule has 0 radical (unpaired) electrons. The van der Waals surface area contributed by atoms with Gasteiger partial charge in [-0.25, -0.2) is 4.98 Å². The van der Waals surface area contributed by atoms with Crippen LogP contribution >= 0.6 is 11.3 Å². The third-order valence-corrected chi connectivity index (χ3v) is 4.42. The molecule has 0 aliphatic heterocycles. The molecule has 0 amide bonds. The fourth-order valence-electron chi connectivity index (χ4n) is 2.31. The molecule has 114 valence electrons. The van der Waals surface area contributed by atoms with Gasteiger partial charge in [-0.15, -0.1) is 11.3 Å². The summed E-state index contributed by atoms with van der Waals surface area (Å²) in [5, 5.41) is 6.78. The Morgan fingerprint density at radius 1 is 1.29 bits per heavy atom. The van der Waals surface area contributed by atoms with Gasteiger partial charge in [-0.2, -0.15) is 0 Å². The zero-order valence-electron chi connectivity index (χ0n) is 13.4. The lowest BCUT2D eigenvalue weighted by Crippen LogP contribution is -2.20. The highest BCUT2D eigenvalue weighted by Gasteiger charge is 2.07. The van der Waals surface area contributed by atoms with E-state index in [1.807, 2.05) is 6.92 Å². The van der Waals surface area contributed by atoms with Gasteiger partial charge in [0.15, 0.2) is 0 Å². The average molecular weight is 303 g/mol. The third-order valence-electron chi connectivity index (χ3n) is 3.60. The molecule has 1 N–H and O–H groups in total. The number of nitrogens with one attached hydrogen (secondary N) is 1. The molecule has 4 heteroatoms. The van der Waals surface area contributed by atoms with Gasteiger partial charge < -0.3 is 10.2 Å². The maximum atomic E-state index is 4.52. The van der Waals surface area contributed by atoms with Crippen molar-refractivity contribution >= 4 is 17.0 Å². The Bertz CT molecular complexity index is 547. The quantitative estimate of drug-likeness (QED) is 0.833. The van der Waals surface area contributed by atoms with Crippen molar-refractivity contribution in [3.8, 4) is 0 Å². The Morgan fingerprint density at radius 2 is 2.00 bits per heavy atom. The molecule has 1 heterocycles. The Balaban J connectivity index is 1.97. The molecule has 0 fully saturated rings. The standard InChI is InChI=1S/C17H25N3S/c1-5-10-18-13(2)15-6-8-17(9-7-15)20(4)11-16-12-21-14(3)19-16/h6-9,12-13,18H,5,10-11H2,1-4H3. The SMILES string of the molecule is CCCNC(C)c1ccc(N(C)Cc2csc(C)n2)cc1. The summed E-state index contributed by atoms with van der Waals surface area (Å²) >= 11 is 1.71. The van der Waals surface area contributed by atoms with E-state index in [0.717, 1.165) is 30.2 Å². The summed E-state index contributed by atoms with van der Waals surface area (Å²) in [6, 6.07) is 9.22. The monoisotopic (exact) mass is 303 g/mol. The normalized spacial score (nSPS) is 12.4. The predicted octanol–water partition coefficient (Wildman–Crippen LogP) is 4.15. The highest BCUT2D eigenvalue weighted by molar-refractivity contribution is 7.09. The van der Waals surface area contributed by atoms with Crippen LogP contribution in [0.25, 0.3) is 0 Å². The van der Waals surface area contributed by atoms with E-state index in [1.54, 1.807) is 11.3 Å². The number of hydrogen-bond donors (Lipinski definition) is 1. The number of aromatic nitrogens is 1. The molecule has 0 saturated carbocycles. The molecule has 21 heavy (non-hydrogen) atoms. The van der Waals surface area contributed by atoms with Gasteiger partial charge in [0.25, 0.3) is 0 Å². The van der Waals surface area contributed by atoms with Gasteiger partial charge in [0, 0.05) is 24.2 Å². The van der Waals surface area contributed by atoms with Gasteiger partial charge in [-0.3, -0.25) is 0 Å². The third kappa shape index (κ3) is 4.55. The van der Waals surface area contributed by atoms with Crippen molar-refractivity contribution in [2.24, 2.45) is 0 Å². The lowest BCUT2D eigenvalue weighted by Gasteiger charge is -2.20. The minimum atomic E-state index is 0.408. The molecule has 1 aromatic carbocycles. The number of nitrogens with zero attached hydrogens (tertiary/aromatic N) is 2. The molecular formula is C17H25N3S. The molecule has 0 bridgehead atoms. The lowest BCUT2D eigenvalue weighted by molar-refractivity contribution is 0.571.